The van der Waals surface area contributed by atoms with Crippen molar-refractivity contribution < 1.29 is 9.47 Å². The van der Waals surface area contributed by atoms with Crippen LogP contribution in [0.3, 0.4) is 0 Å². The van der Waals surface area contributed by atoms with E-state index in [2.05, 4.69) is 98.8 Å². The van der Waals surface area contributed by atoms with Crippen LogP contribution in [0.25, 0.3) is 22.3 Å². The number of ether oxygens (including phenoxy) is 2. The highest BCUT2D eigenvalue weighted by Crippen LogP contribution is 2.50. The normalized spacial score (nSPS) is 14.8. The second-order valence-corrected chi connectivity index (χ2v) is 9.01. The van der Waals surface area contributed by atoms with E-state index < -0.39 is 0 Å². The van der Waals surface area contributed by atoms with Gasteiger partial charge in [-0.1, -0.05) is 96.1 Å². The average Bonchev–Trinajstić information content (AvgIpc) is 2.88. The molecular weight excluding hydrogens is 416 g/mol. The molecule has 2 aliphatic heterocycles. The van der Waals surface area contributed by atoms with Crippen molar-refractivity contribution in [3.63, 3.8) is 0 Å². The number of para-hydroxylation sites is 2. The second kappa shape index (κ2) is 8.39. The van der Waals surface area contributed by atoms with Crippen LogP contribution in [0, 0.1) is 13.8 Å². The Morgan fingerprint density at radius 3 is 1.26 bits per heavy atom. The van der Waals surface area contributed by atoms with Crippen molar-refractivity contribution in [2.75, 3.05) is 13.2 Å². The van der Waals surface area contributed by atoms with Crippen LogP contribution in [0.15, 0.2) is 97.1 Å². The molecule has 0 saturated heterocycles. The van der Waals surface area contributed by atoms with E-state index in [1.807, 2.05) is 12.1 Å². The molecule has 0 unspecified atom stereocenters. The van der Waals surface area contributed by atoms with Gasteiger partial charge in [0.2, 0.25) is 0 Å². The first-order valence-corrected chi connectivity index (χ1v) is 11.7. The molecule has 2 nitrogen and oxygen atoms in total. The second-order valence-electron chi connectivity index (χ2n) is 9.01. The maximum atomic E-state index is 6.27. The van der Waals surface area contributed by atoms with Gasteiger partial charge in [-0.2, -0.15) is 0 Å². The van der Waals surface area contributed by atoms with Gasteiger partial charge in [-0.3, -0.25) is 0 Å². The summed E-state index contributed by atoms with van der Waals surface area (Å²) in [6.45, 7) is 5.31. The summed E-state index contributed by atoms with van der Waals surface area (Å²) < 4.78 is 12.5. The molecule has 0 atom stereocenters. The summed E-state index contributed by atoms with van der Waals surface area (Å²) in [7, 11) is 0. The standard InChI is InChI=1S/C32H26O2/c1-21-11-15-23(16-12-21)27-19-33-29-9-5-3-7-25(29)31(27)32-26-8-4-6-10-30(26)34-20-28(32)24-17-13-22(2)14-18-24/h3-18H,19-20H2,1-2H3. The van der Waals surface area contributed by atoms with Gasteiger partial charge in [0.05, 0.1) is 0 Å². The molecule has 0 aromatic heterocycles. The molecule has 0 bridgehead atoms. The van der Waals surface area contributed by atoms with Gasteiger partial charge in [-0.05, 0) is 37.1 Å². The average molecular weight is 443 g/mol. The molecule has 0 N–H and O–H groups in total. The third-order valence-electron chi connectivity index (χ3n) is 6.71. The van der Waals surface area contributed by atoms with Gasteiger partial charge in [0, 0.05) is 33.4 Å². The van der Waals surface area contributed by atoms with E-state index in [1.165, 1.54) is 44.5 Å². The quantitative estimate of drug-likeness (QED) is 0.325. The minimum absolute atomic E-state index is 0.531. The summed E-state index contributed by atoms with van der Waals surface area (Å²) >= 11 is 0. The molecule has 0 spiro atoms. The summed E-state index contributed by atoms with van der Waals surface area (Å²) in [5.74, 6) is 1.85. The summed E-state index contributed by atoms with van der Waals surface area (Å²) in [5, 5.41) is 0. The van der Waals surface area contributed by atoms with Crippen LogP contribution in [0.5, 0.6) is 11.5 Å². The number of hydrogen-bond donors (Lipinski definition) is 0. The Morgan fingerprint density at radius 2 is 0.853 bits per heavy atom. The maximum Gasteiger partial charge on any atom is 0.127 e. The zero-order chi connectivity index (χ0) is 23.1. The number of aryl methyl sites for hydroxylation is 2. The van der Waals surface area contributed by atoms with Crippen LogP contribution in [0.1, 0.15) is 33.4 Å². The van der Waals surface area contributed by atoms with E-state index in [-0.39, 0.29) is 0 Å². The van der Waals surface area contributed by atoms with Crippen molar-refractivity contribution in [3.05, 3.63) is 130 Å². The Kier molecular flexibility index (Phi) is 5.07. The Labute approximate surface area is 200 Å². The number of rotatable bonds is 3. The molecule has 34 heavy (non-hydrogen) atoms. The molecule has 0 saturated carbocycles. The lowest BCUT2D eigenvalue weighted by Gasteiger charge is -2.31. The maximum absolute atomic E-state index is 6.27. The van der Waals surface area contributed by atoms with Gasteiger partial charge in [-0.25, -0.2) is 0 Å². The number of hydrogen-bond acceptors (Lipinski definition) is 2. The third-order valence-corrected chi connectivity index (χ3v) is 6.71. The first kappa shape index (κ1) is 20.6. The highest BCUT2D eigenvalue weighted by atomic mass is 16.5. The fourth-order valence-electron chi connectivity index (χ4n) is 4.90. The predicted molar refractivity (Wildman–Crippen MR) is 140 cm³/mol. The van der Waals surface area contributed by atoms with Crippen LogP contribution in [-0.2, 0) is 0 Å². The summed E-state index contributed by atoms with van der Waals surface area (Å²) in [4.78, 5) is 0. The Hall–Kier alpha value is -4.04. The highest BCUT2D eigenvalue weighted by molar-refractivity contribution is 6.24. The Bertz CT molecular complexity index is 1320. The molecule has 4 aromatic carbocycles. The van der Waals surface area contributed by atoms with Crippen molar-refractivity contribution >= 4 is 22.3 Å². The van der Waals surface area contributed by atoms with E-state index in [9.17, 15) is 0 Å². The highest BCUT2D eigenvalue weighted by Gasteiger charge is 2.30. The third kappa shape index (κ3) is 3.52. The number of benzene rings is 4. The fourth-order valence-corrected chi connectivity index (χ4v) is 4.90. The predicted octanol–water partition coefficient (Wildman–Crippen LogP) is 7.61. The zero-order valence-corrected chi connectivity index (χ0v) is 19.5. The van der Waals surface area contributed by atoms with Crippen molar-refractivity contribution in [1.82, 2.24) is 0 Å². The summed E-state index contributed by atoms with van der Waals surface area (Å²) in [6.07, 6.45) is 0. The SMILES string of the molecule is Cc1ccc(C2=C(C3=C(c4ccc(C)cc4)COc4ccccc43)c3ccccc3OC2)cc1. The van der Waals surface area contributed by atoms with E-state index in [4.69, 9.17) is 9.47 Å². The molecule has 0 aliphatic carbocycles. The van der Waals surface area contributed by atoms with Crippen LogP contribution in [0.4, 0.5) is 0 Å². The Morgan fingerprint density at radius 1 is 0.471 bits per heavy atom. The van der Waals surface area contributed by atoms with Crippen LogP contribution in [-0.4, -0.2) is 13.2 Å². The van der Waals surface area contributed by atoms with Crippen molar-refractivity contribution in [2.24, 2.45) is 0 Å². The van der Waals surface area contributed by atoms with Crippen molar-refractivity contribution in [3.8, 4) is 11.5 Å². The zero-order valence-electron chi connectivity index (χ0n) is 19.5. The van der Waals surface area contributed by atoms with Gasteiger partial charge in [0.15, 0.2) is 0 Å². The van der Waals surface area contributed by atoms with Gasteiger partial charge in [0.25, 0.3) is 0 Å². The largest absolute Gasteiger partial charge is 0.488 e. The van der Waals surface area contributed by atoms with Crippen molar-refractivity contribution in [1.29, 1.82) is 0 Å². The molecule has 0 fully saturated rings. The number of allylic oxidation sites excluding steroid dienone is 2. The smallest absolute Gasteiger partial charge is 0.127 e. The van der Waals surface area contributed by atoms with Gasteiger partial charge in [-0.15, -0.1) is 0 Å². The monoisotopic (exact) mass is 442 g/mol. The topological polar surface area (TPSA) is 18.5 Å². The van der Waals surface area contributed by atoms with Crippen LogP contribution in [0.2, 0.25) is 0 Å². The minimum atomic E-state index is 0.531. The molecule has 2 aliphatic rings. The molecule has 166 valence electrons. The molecule has 4 aromatic rings. The lowest BCUT2D eigenvalue weighted by Crippen LogP contribution is -2.16. The Balaban J connectivity index is 1.71. The molecule has 0 amide bonds. The fraction of sp³-hybridized carbons (Fsp3) is 0.125. The first-order chi connectivity index (χ1) is 16.7. The molecule has 0 radical (unpaired) electrons. The van der Waals surface area contributed by atoms with Crippen LogP contribution >= 0.6 is 0 Å². The summed E-state index contributed by atoms with van der Waals surface area (Å²) in [6, 6.07) is 34.3. The molecule has 2 heteroatoms. The van der Waals surface area contributed by atoms with E-state index in [0.29, 0.717) is 13.2 Å². The minimum Gasteiger partial charge on any atom is -0.488 e. The molecule has 2 heterocycles. The first-order valence-electron chi connectivity index (χ1n) is 11.7. The van der Waals surface area contributed by atoms with Gasteiger partial charge in [0.1, 0.15) is 24.7 Å². The van der Waals surface area contributed by atoms with Gasteiger partial charge < -0.3 is 9.47 Å². The van der Waals surface area contributed by atoms with E-state index >= 15 is 0 Å². The number of fused-ring (bicyclic) bond motifs is 2. The van der Waals surface area contributed by atoms with Crippen LogP contribution < -0.4 is 9.47 Å². The molecule has 6 rings (SSSR count). The lowest BCUT2D eigenvalue weighted by molar-refractivity contribution is 0.362. The van der Waals surface area contributed by atoms with E-state index in [1.54, 1.807) is 0 Å². The molecular formula is C32H26O2. The van der Waals surface area contributed by atoms with E-state index in [0.717, 1.165) is 22.6 Å². The van der Waals surface area contributed by atoms with Gasteiger partial charge >= 0.3 is 0 Å². The van der Waals surface area contributed by atoms with Crippen molar-refractivity contribution in [2.45, 2.75) is 13.8 Å². The lowest BCUT2D eigenvalue weighted by atomic mass is 9.80. The summed E-state index contributed by atoms with van der Waals surface area (Å²) in [5.41, 5.74) is 12.0.